The van der Waals surface area contributed by atoms with Crippen LogP contribution in [0.1, 0.15) is 15.9 Å². The highest BCUT2D eigenvalue weighted by Crippen LogP contribution is 2.26. The summed E-state index contributed by atoms with van der Waals surface area (Å²) in [5.74, 6) is -1.18. The smallest absolute Gasteiger partial charge is 0.335 e. The minimum atomic E-state index is -1.18. The van der Waals surface area contributed by atoms with Crippen LogP contribution in [-0.2, 0) is 0 Å². The van der Waals surface area contributed by atoms with Crippen LogP contribution >= 0.6 is 0 Å². The lowest BCUT2D eigenvalue weighted by Crippen LogP contribution is -1.99. The monoisotopic (exact) mass is 257 g/mol. The summed E-state index contributed by atoms with van der Waals surface area (Å²) in [6.07, 6.45) is 0. The Morgan fingerprint density at radius 3 is 2.47 bits per heavy atom. The van der Waals surface area contributed by atoms with Crippen LogP contribution in [0, 0.1) is 17.0 Å². The van der Waals surface area contributed by atoms with E-state index in [4.69, 9.17) is 5.11 Å². The number of nitro groups is 1. The van der Waals surface area contributed by atoms with E-state index < -0.39 is 10.9 Å². The molecule has 0 spiro atoms. The Balaban J connectivity index is 2.62. The maximum absolute atomic E-state index is 11.0. The zero-order chi connectivity index (χ0) is 14.0. The molecule has 2 aromatic rings. The van der Waals surface area contributed by atoms with Crippen molar-refractivity contribution < 1.29 is 14.8 Å². The molecule has 0 saturated heterocycles. The van der Waals surface area contributed by atoms with E-state index >= 15 is 0 Å². The molecule has 0 aromatic heterocycles. The van der Waals surface area contributed by atoms with Crippen LogP contribution in [0.4, 0.5) is 5.69 Å². The molecule has 5 nitrogen and oxygen atoms in total. The summed E-state index contributed by atoms with van der Waals surface area (Å²) in [5.41, 5.74) is 1.96. The van der Waals surface area contributed by atoms with E-state index in [2.05, 4.69) is 0 Å². The molecule has 0 bridgehead atoms. The average molecular weight is 257 g/mol. The van der Waals surface area contributed by atoms with Gasteiger partial charge in [-0.15, -0.1) is 0 Å². The molecule has 5 heteroatoms. The van der Waals surface area contributed by atoms with E-state index in [1.807, 2.05) is 25.1 Å². The fourth-order valence-electron chi connectivity index (χ4n) is 1.83. The van der Waals surface area contributed by atoms with Gasteiger partial charge in [0.25, 0.3) is 5.69 Å². The highest BCUT2D eigenvalue weighted by molar-refractivity contribution is 5.90. The third-order valence-electron chi connectivity index (χ3n) is 2.73. The minimum Gasteiger partial charge on any atom is -0.478 e. The van der Waals surface area contributed by atoms with Gasteiger partial charge in [-0.3, -0.25) is 10.1 Å². The van der Waals surface area contributed by atoms with Gasteiger partial charge in [0, 0.05) is 12.1 Å². The largest absolute Gasteiger partial charge is 0.478 e. The van der Waals surface area contributed by atoms with Crippen LogP contribution in [0.2, 0.25) is 0 Å². The molecule has 0 aliphatic carbocycles. The molecule has 0 unspecified atom stereocenters. The molecule has 0 radical (unpaired) electrons. The van der Waals surface area contributed by atoms with Gasteiger partial charge in [-0.2, -0.15) is 0 Å². The van der Waals surface area contributed by atoms with E-state index in [-0.39, 0.29) is 11.3 Å². The van der Waals surface area contributed by atoms with Crippen LogP contribution in [0.3, 0.4) is 0 Å². The molecule has 0 aliphatic heterocycles. The number of non-ortho nitro benzene ring substituents is 1. The maximum Gasteiger partial charge on any atom is 0.335 e. The van der Waals surface area contributed by atoms with Crippen molar-refractivity contribution >= 4 is 11.7 Å². The number of hydrogen-bond donors (Lipinski definition) is 1. The number of benzene rings is 2. The minimum absolute atomic E-state index is 0.0919. The summed E-state index contributed by atoms with van der Waals surface area (Å²) >= 11 is 0. The molecular formula is C14H11NO4. The first kappa shape index (κ1) is 12.8. The molecule has 0 saturated carbocycles. The lowest BCUT2D eigenvalue weighted by Gasteiger charge is -2.05. The van der Waals surface area contributed by atoms with Crippen LogP contribution in [0.5, 0.6) is 0 Å². The lowest BCUT2D eigenvalue weighted by atomic mass is 10.0. The maximum atomic E-state index is 11.0. The van der Waals surface area contributed by atoms with Crippen molar-refractivity contribution in [1.82, 2.24) is 0 Å². The predicted octanol–water partition coefficient (Wildman–Crippen LogP) is 3.27. The van der Waals surface area contributed by atoms with E-state index in [9.17, 15) is 14.9 Å². The molecule has 0 fully saturated rings. The molecule has 96 valence electrons. The van der Waals surface area contributed by atoms with Crippen LogP contribution in [-0.4, -0.2) is 16.0 Å². The summed E-state index contributed by atoms with van der Waals surface area (Å²) in [6.45, 7) is 1.90. The second kappa shape index (κ2) is 4.89. The number of carbonyl (C=O) groups is 1. The van der Waals surface area contributed by atoms with E-state index in [0.717, 1.165) is 17.2 Å². The molecule has 0 heterocycles. The number of rotatable bonds is 3. The summed E-state index contributed by atoms with van der Waals surface area (Å²) in [6, 6.07) is 11.2. The first-order chi connectivity index (χ1) is 8.97. The normalized spacial score (nSPS) is 10.2. The van der Waals surface area contributed by atoms with Gasteiger partial charge < -0.3 is 5.11 Å². The van der Waals surface area contributed by atoms with Crippen molar-refractivity contribution in [2.24, 2.45) is 0 Å². The number of carboxylic acids is 1. The van der Waals surface area contributed by atoms with Gasteiger partial charge in [0.05, 0.1) is 10.5 Å². The molecule has 19 heavy (non-hydrogen) atoms. The summed E-state index contributed by atoms with van der Waals surface area (Å²) in [4.78, 5) is 21.3. The Hall–Kier alpha value is -2.69. The van der Waals surface area contributed by atoms with Crippen molar-refractivity contribution in [3.8, 4) is 11.1 Å². The topological polar surface area (TPSA) is 80.4 Å². The fraction of sp³-hybridized carbons (Fsp3) is 0.0714. The van der Waals surface area contributed by atoms with Crippen LogP contribution in [0.15, 0.2) is 42.5 Å². The van der Waals surface area contributed by atoms with Gasteiger partial charge in [0.2, 0.25) is 0 Å². The standard InChI is InChI=1S/C14H11NO4/c1-9-3-2-4-10(5-9)11-6-12(14(16)17)8-13(7-11)15(18)19/h2-8H,1H3,(H,16,17). The van der Waals surface area contributed by atoms with E-state index in [1.54, 1.807) is 6.07 Å². The van der Waals surface area contributed by atoms with E-state index in [0.29, 0.717) is 5.56 Å². The Morgan fingerprint density at radius 2 is 1.89 bits per heavy atom. The highest BCUT2D eigenvalue weighted by atomic mass is 16.6. The van der Waals surface area contributed by atoms with Gasteiger partial charge >= 0.3 is 5.97 Å². The molecule has 1 N–H and O–H groups in total. The molecule has 0 amide bonds. The molecule has 2 aromatic carbocycles. The summed E-state index contributed by atoms with van der Waals surface area (Å²) in [7, 11) is 0. The van der Waals surface area contributed by atoms with Gasteiger partial charge in [-0.25, -0.2) is 4.79 Å². The first-order valence-corrected chi connectivity index (χ1v) is 5.57. The van der Waals surface area contributed by atoms with Gasteiger partial charge in [-0.1, -0.05) is 29.8 Å². The predicted molar refractivity (Wildman–Crippen MR) is 70.2 cm³/mol. The van der Waals surface area contributed by atoms with Crippen molar-refractivity contribution in [1.29, 1.82) is 0 Å². The Kier molecular flexibility index (Phi) is 3.29. The zero-order valence-electron chi connectivity index (χ0n) is 10.2. The van der Waals surface area contributed by atoms with Crippen molar-refractivity contribution in [3.05, 3.63) is 63.7 Å². The van der Waals surface area contributed by atoms with Gasteiger partial charge in [0.1, 0.15) is 0 Å². The quantitative estimate of drug-likeness (QED) is 0.675. The molecular weight excluding hydrogens is 246 g/mol. The van der Waals surface area contributed by atoms with Gasteiger partial charge in [-0.05, 0) is 24.1 Å². The highest BCUT2D eigenvalue weighted by Gasteiger charge is 2.14. The Morgan fingerprint density at radius 1 is 1.16 bits per heavy atom. The number of aryl methyl sites for hydroxylation is 1. The molecule has 0 atom stereocenters. The number of hydrogen-bond acceptors (Lipinski definition) is 3. The second-order valence-corrected chi connectivity index (χ2v) is 4.20. The second-order valence-electron chi connectivity index (χ2n) is 4.20. The van der Waals surface area contributed by atoms with Crippen LogP contribution < -0.4 is 0 Å². The summed E-state index contributed by atoms with van der Waals surface area (Å²) < 4.78 is 0. The first-order valence-electron chi connectivity index (χ1n) is 5.57. The Bertz CT molecular complexity index is 632. The SMILES string of the molecule is Cc1cccc(-c2cc(C(=O)O)cc([N+](=O)[O-])c2)c1. The Labute approximate surface area is 109 Å². The number of carboxylic acid groups (broad SMARTS) is 1. The van der Waals surface area contributed by atoms with E-state index in [1.165, 1.54) is 12.1 Å². The zero-order valence-corrected chi connectivity index (χ0v) is 10.2. The number of nitro benzene ring substituents is 1. The lowest BCUT2D eigenvalue weighted by molar-refractivity contribution is -0.384. The molecule has 2 rings (SSSR count). The number of aromatic carboxylic acids is 1. The average Bonchev–Trinajstić information content (AvgIpc) is 2.38. The molecule has 0 aliphatic rings. The van der Waals surface area contributed by atoms with Crippen molar-refractivity contribution in [2.75, 3.05) is 0 Å². The fourth-order valence-corrected chi connectivity index (χ4v) is 1.83. The van der Waals surface area contributed by atoms with Crippen molar-refractivity contribution in [2.45, 2.75) is 6.92 Å². The summed E-state index contributed by atoms with van der Waals surface area (Å²) in [5, 5.41) is 19.8. The third kappa shape index (κ3) is 2.77. The third-order valence-corrected chi connectivity index (χ3v) is 2.73. The number of nitrogens with zero attached hydrogens (tertiary/aromatic N) is 1. The van der Waals surface area contributed by atoms with Gasteiger partial charge in [0.15, 0.2) is 0 Å². The van der Waals surface area contributed by atoms with Crippen molar-refractivity contribution in [3.63, 3.8) is 0 Å². The van der Waals surface area contributed by atoms with Crippen LogP contribution in [0.25, 0.3) is 11.1 Å².